The zero-order valence-electron chi connectivity index (χ0n) is 22.8. The van der Waals surface area contributed by atoms with Gasteiger partial charge in [0.15, 0.2) is 5.82 Å². The van der Waals surface area contributed by atoms with Crippen LogP contribution in [0.3, 0.4) is 0 Å². The number of nitrogen functional groups attached to an aromatic ring is 1. The van der Waals surface area contributed by atoms with E-state index in [1.165, 1.54) is 12.8 Å². The molecule has 6 heterocycles. The van der Waals surface area contributed by atoms with Gasteiger partial charge in [0.2, 0.25) is 0 Å². The quantitative estimate of drug-likeness (QED) is 0.450. The summed E-state index contributed by atoms with van der Waals surface area (Å²) >= 11 is 0. The van der Waals surface area contributed by atoms with Gasteiger partial charge in [-0.25, -0.2) is 9.37 Å². The van der Waals surface area contributed by atoms with Crippen molar-refractivity contribution in [2.75, 3.05) is 57.0 Å². The molecule has 0 bridgehead atoms. The third kappa shape index (κ3) is 4.37. The third-order valence-electron chi connectivity index (χ3n) is 9.18. The molecule has 0 radical (unpaired) electrons. The van der Waals surface area contributed by atoms with Crippen LogP contribution in [0.2, 0.25) is 0 Å². The summed E-state index contributed by atoms with van der Waals surface area (Å²) in [7, 11) is 2.00. The van der Waals surface area contributed by atoms with Crippen molar-refractivity contribution in [1.29, 1.82) is 0 Å². The number of ether oxygens (including phenoxy) is 1. The average Bonchev–Trinajstić information content (AvgIpc) is 3.51. The van der Waals surface area contributed by atoms with E-state index < -0.39 is 5.82 Å². The molecule has 3 aromatic rings. The number of nitrogens with one attached hydrogen (secondary N) is 1. The number of halogens is 1. The molecular weight excluding hydrogens is 495 g/mol. The number of hydrogen-bond donors (Lipinski definition) is 2. The third-order valence-corrected chi connectivity index (χ3v) is 9.18. The Bertz CT molecular complexity index is 1410. The van der Waals surface area contributed by atoms with Crippen molar-refractivity contribution in [1.82, 2.24) is 30.2 Å². The molecule has 7 rings (SSSR count). The van der Waals surface area contributed by atoms with E-state index in [-0.39, 0.29) is 22.8 Å². The first-order valence-corrected chi connectivity index (χ1v) is 14.4. The van der Waals surface area contributed by atoms with Crippen molar-refractivity contribution in [3.63, 3.8) is 0 Å². The Hall–Kier alpha value is -3.11. The van der Waals surface area contributed by atoms with Gasteiger partial charge in [0, 0.05) is 38.8 Å². The molecule has 206 valence electrons. The van der Waals surface area contributed by atoms with Crippen LogP contribution >= 0.6 is 0 Å². The maximum atomic E-state index is 16.5. The van der Waals surface area contributed by atoms with E-state index in [2.05, 4.69) is 30.1 Å². The lowest BCUT2D eigenvalue weighted by Gasteiger charge is -2.33. The van der Waals surface area contributed by atoms with Gasteiger partial charge in [0.05, 0.1) is 16.6 Å². The summed E-state index contributed by atoms with van der Waals surface area (Å²) in [5.74, 6) is 1.40. The molecule has 3 saturated heterocycles. The maximum Gasteiger partial charge on any atom is 0.319 e. The Morgan fingerprint density at radius 2 is 1.92 bits per heavy atom. The Labute approximate surface area is 228 Å². The largest absolute Gasteiger partial charge is 0.461 e. The Kier molecular flexibility index (Phi) is 6.08. The Morgan fingerprint density at radius 3 is 2.62 bits per heavy atom. The zero-order chi connectivity index (χ0) is 26.7. The predicted octanol–water partition coefficient (Wildman–Crippen LogP) is 3.66. The predicted molar refractivity (Wildman–Crippen MR) is 150 cm³/mol. The van der Waals surface area contributed by atoms with Gasteiger partial charge >= 0.3 is 6.01 Å². The van der Waals surface area contributed by atoms with Crippen LogP contribution in [0.4, 0.5) is 16.0 Å². The Morgan fingerprint density at radius 1 is 1.15 bits per heavy atom. The molecule has 10 heteroatoms. The van der Waals surface area contributed by atoms with Crippen molar-refractivity contribution >= 4 is 22.5 Å². The summed E-state index contributed by atoms with van der Waals surface area (Å²) < 4.78 is 22.8. The molecule has 4 aliphatic rings. The molecule has 1 saturated carbocycles. The van der Waals surface area contributed by atoms with E-state index in [1.807, 2.05) is 20.0 Å². The van der Waals surface area contributed by atoms with E-state index in [0.29, 0.717) is 41.2 Å². The van der Waals surface area contributed by atoms with Crippen LogP contribution in [0.1, 0.15) is 55.6 Å². The van der Waals surface area contributed by atoms with Crippen LogP contribution < -0.4 is 20.7 Å². The van der Waals surface area contributed by atoms with Crippen LogP contribution in [0.5, 0.6) is 6.01 Å². The van der Waals surface area contributed by atoms with Gasteiger partial charge in [0.1, 0.15) is 29.5 Å². The molecule has 0 unspecified atom stereocenters. The van der Waals surface area contributed by atoms with Gasteiger partial charge in [-0.1, -0.05) is 0 Å². The second kappa shape index (κ2) is 9.52. The number of rotatable bonds is 8. The fourth-order valence-electron chi connectivity index (χ4n) is 6.93. The van der Waals surface area contributed by atoms with Crippen LogP contribution in [0.25, 0.3) is 22.3 Å². The highest BCUT2D eigenvalue weighted by Crippen LogP contribution is 2.46. The topological polar surface area (TPSA) is 105 Å². The van der Waals surface area contributed by atoms with Gasteiger partial charge in [-0.2, -0.15) is 9.97 Å². The monoisotopic (exact) mass is 532 g/mol. The van der Waals surface area contributed by atoms with Crippen LogP contribution in [-0.4, -0.2) is 76.8 Å². The van der Waals surface area contributed by atoms with Crippen molar-refractivity contribution in [3.8, 4) is 17.4 Å². The number of anilines is 2. The van der Waals surface area contributed by atoms with E-state index in [4.69, 9.17) is 15.5 Å². The molecule has 0 aromatic carbocycles. The molecule has 3 N–H and O–H groups in total. The lowest BCUT2D eigenvalue weighted by atomic mass is 9.95. The summed E-state index contributed by atoms with van der Waals surface area (Å²) in [6.07, 6.45) is 8.43. The number of nitrogens with zero attached hydrogens (tertiary/aromatic N) is 6. The standard InChI is InChI=1S/C29H37FN8O/c1-17-11-21(31)34-25(22(17)19-5-6-19)26-23(30)24-20(14-33-26)27(37(2)15-18-12-32-13-18)36-28(35-24)39-16-29-7-3-9-38(29)10-4-8-29/h11,14,18-19,32H,3-10,12-13,15-16H2,1-2H3,(H2,31,34). The molecule has 3 aliphatic heterocycles. The van der Waals surface area contributed by atoms with Gasteiger partial charge < -0.3 is 20.7 Å². The first-order valence-electron chi connectivity index (χ1n) is 14.4. The first-order chi connectivity index (χ1) is 18.9. The number of hydrogen-bond acceptors (Lipinski definition) is 9. The highest BCUT2D eigenvalue weighted by molar-refractivity contribution is 5.92. The molecule has 0 spiro atoms. The van der Waals surface area contributed by atoms with Gasteiger partial charge in [-0.15, -0.1) is 0 Å². The molecule has 9 nitrogen and oxygen atoms in total. The summed E-state index contributed by atoms with van der Waals surface area (Å²) in [4.78, 5) is 23.3. The SMILES string of the molecule is Cc1cc(N)nc(-c2ncc3c(N(C)CC4CNC4)nc(OCC45CCCN4CCC5)nc3c2F)c1C1CC1. The summed E-state index contributed by atoms with van der Waals surface area (Å²) in [6.45, 7) is 7.51. The molecule has 4 fully saturated rings. The minimum Gasteiger partial charge on any atom is -0.461 e. The average molecular weight is 533 g/mol. The van der Waals surface area contributed by atoms with Crippen LogP contribution in [0.15, 0.2) is 12.3 Å². The summed E-state index contributed by atoms with van der Waals surface area (Å²) in [5.41, 5.74) is 9.17. The second-order valence-electron chi connectivity index (χ2n) is 12.0. The minimum atomic E-state index is -0.499. The van der Waals surface area contributed by atoms with Gasteiger partial charge in [0.25, 0.3) is 0 Å². The van der Waals surface area contributed by atoms with Crippen molar-refractivity contribution in [3.05, 3.63) is 29.2 Å². The minimum absolute atomic E-state index is 0.0477. The first kappa shape index (κ1) is 24.9. The van der Waals surface area contributed by atoms with Crippen molar-refractivity contribution < 1.29 is 9.13 Å². The molecule has 1 aliphatic carbocycles. The fraction of sp³-hybridized carbons (Fsp3) is 0.586. The van der Waals surface area contributed by atoms with E-state index in [1.54, 1.807) is 6.20 Å². The molecule has 3 aromatic heterocycles. The normalized spacial score (nSPS) is 20.8. The summed E-state index contributed by atoms with van der Waals surface area (Å²) in [6, 6.07) is 2.08. The van der Waals surface area contributed by atoms with Gasteiger partial charge in [-0.05, 0) is 81.6 Å². The highest BCUT2D eigenvalue weighted by Gasteiger charge is 2.45. The number of aryl methyl sites for hydroxylation is 1. The smallest absolute Gasteiger partial charge is 0.319 e. The molecule has 0 atom stereocenters. The molecule has 0 amide bonds. The lowest BCUT2D eigenvalue weighted by molar-refractivity contribution is 0.108. The van der Waals surface area contributed by atoms with Crippen molar-refractivity contribution in [2.24, 2.45) is 5.92 Å². The molecule has 39 heavy (non-hydrogen) atoms. The molecular formula is C29H37FN8O. The summed E-state index contributed by atoms with van der Waals surface area (Å²) in [5, 5.41) is 3.90. The lowest BCUT2D eigenvalue weighted by Crippen LogP contribution is -2.47. The van der Waals surface area contributed by atoms with E-state index in [9.17, 15) is 0 Å². The second-order valence-corrected chi connectivity index (χ2v) is 12.0. The Balaban J connectivity index is 1.31. The van der Waals surface area contributed by atoms with Crippen LogP contribution in [-0.2, 0) is 0 Å². The number of pyridine rings is 2. The highest BCUT2D eigenvalue weighted by atomic mass is 19.1. The van der Waals surface area contributed by atoms with Gasteiger partial charge in [-0.3, -0.25) is 9.88 Å². The fourth-order valence-corrected chi connectivity index (χ4v) is 6.93. The van der Waals surface area contributed by atoms with Crippen LogP contribution in [0, 0.1) is 18.7 Å². The zero-order valence-corrected chi connectivity index (χ0v) is 22.8. The van der Waals surface area contributed by atoms with E-state index in [0.717, 1.165) is 69.5 Å². The number of aromatic nitrogens is 4. The van der Waals surface area contributed by atoms with E-state index >= 15 is 4.39 Å². The number of nitrogens with two attached hydrogens (primary N) is 1. The maximum absolute atomic E-state index is 16.5. The van der Waals surface area contributed by atoms with Crippen molar-refractivity contribution in [2.45, 2.75) is 56.9 Å². The number of fused-ring (bicyclic) bond motifs is 2.